The van der Waals surface area contributed by atoms with E-state index in [2.05, 4.69) is 30.0 Å². The monoisotopic (exact) mass is 462 g/mol. The van der Waals surface area contributed by atoms with Gasteiger partial charge in [-0.15, -0.1) is 0 Å². The van der Waals surface area contributed by atoms with Gasteiger partial charge in [-0.2, -0.15) is 0 Å². The van der Waals surface area contributed by atoms with Gasteiger partial charge in [0.15, 0.2) is 0 Å². The standard InChI is InChI=1S/C29H32F2N2O/c1-20(2)33(29(34)22-12-14-25(30)15-13-22)18-24-17-32(16-23-9-5-7-11-28(23)31)19-27(24)26-10-6-4-8-21(26)3/h4-15,20,24,27H,16-19H2,1-3H3/t24-,27-/m0/s1. The smallest absolute Gasteiger partial charge is 0.254 e. The topological polar surface area (TPSA) is 23.6 Å². The van der Waals surface area contributed by atoms with Gasteiger partial charge in [-0.25, -0.2) is 8.78 Å². The van der Waals surface area contributed by atoms with E-state index in [0.717, 1.165) is 13.1 Å². The zero-order valence-corrected chi connectivity index (χ0v) is 20.0. The van der Waals surface area contributed by atoms with Crippen molar-refractivity contribution in [1.82, 2.24) is 9.80 Å². The van der Waals surface area contributed by atoms with Gasteiger partial charge in [0, 0.05) is 49.3 Å². The van der Waals surface area contributed by atoms with Crippen LogP contribution < -0.4 is 0 Å². The molecule has 1 amide bonds. The van der Waals surface area contributed by atoms with Crippen molar-refractivity contribution < 1.29 is 13.6 Å². The molecule has 34 heavy (non-hydrogen) atoms. The molecule has 0 aliphatic carbocycles. The molecule has 5 heteroatoms. The Morgan fingerprint density at radius 2 is 1.65 bits per heavy atom. The average Bonchev–Trinajstić information content (AvgIpc) is 3.21. The summed E-state index contributed by atoms with van der Waals surface area (Å²) >= 11 is 0. The van der Waals surface area contributed by atoms with Crippen molar-refractivity contribution in [2.24, 2.45) is 5.92 Å². The molecule has 0 spiro atoms. The van der Waals surface area contributed by atoms with E-state index < -0.39 is 0 Å². The molecule has 1 aliphatic rings. The summed E-state index contributed by atoms with van der Waals surface area (Å²) in [5, 5.41) is 0. The van der Waals surface area contributed by atoms with Crippen LogP contribution in [0.25, 0.3) is 0 Å². The second-order valence-electron chi connectivity index (χ2n) is 9.57. The molecule has 0 saturated carbocycles. The van der Waals surface area contributed by atoms with Gasteiger partial charge in [-0.1, -0.05) is 42.5 Å². The van der Waals surface area contributed by atoms with Crippen LogP contribution in [0.2, 0.25) is 0 Å². The van der Waals surface area contributed by atoms with Crippen molar-refractivity contribution in [3.8, 4) is 0 Å². The van der Waals surface area contributed by atoms with Crippen molar-refractivity contribution in [3.63, 3.8) is 0 Å². The molecule has 3 aromatic carbocycles. The van der Waals surface area contributed by atoms with Gasteiger partial charge < -0.3 is 4.90 Å². The molecule has 0 N–H and O–H groups in total. The molecule has 1 fully saturated rings. The first-order valence-corrected chi connectivity index (χ1v) is 11.9. The number of likely N-dealkylation sites (tertiary alicyclic amines) is 1. The number of carbonyl (C=O) groups excluding carboxylic acids is 1. The van der Waals surface area contributed by atoms with Crippen LogP contribution in [0.1, 0.15) is 46.8 Å². The highest BCUT2D eigenvalue weighted by atomic mass is 19.1. The van der Waals surface area contributed by atoms with Gasteiger partial charge in [-0.05, 0) is 68.1 Å². The Balaban J connectivity index is 1.60. The predicted octanol–water partition coefficient (Wildman–Crippen LogP) is 6.04. The highest BCUT2D eigenvalue weighted by molar-refractivity contribution is 5.94. The number of aryl methyl sites for hydroxylation is 1. The maximum absolute atomic E-state index is 14.4. The number of nitrogens with zero attached hydrogens (tertiary/aromatic N) is 2. The van der Waals surface area contributed by atoms with Gasteiger partial charge in [0.1, 0.15) is 11.6 Å². The zero-order chi connectivity index (χ0) is 24.2. The number of amides is 1. The number of benzene rings is 3. The van der Waals surface area contributed by atoms with Crippen molar-refractivity contribution in [1.29, 1.82) is 0 Å². The molecule has 3 aromatic rings. The van der Waals surface area contributed by atoms with Crippen LogP contribution in [0.3, 0.4) is 0 Å². The predicted molar refractivity (Wildman–Crippen MR) is 132 cm³/mol. The maximum Gasteiger partial charge on any atom is 0.254 e. The van der Waals surface area contributed by atoms with Crippen LogP contribution in [0, 0.1) is 24.5 Å². The van der Waals surface area contributed by atoms with E-state index in [0.29, 0.717) is 24.2 Å². The molecule has 0 bridgehead atoms. The van der Waals surface area contributed by atoms with E-state index in [1.807, 2.05) is 36.9 Å². The fraction of sp³-hybridized carbons (Fsp3) is 0.345. The third-order valence-electron chi connectivity index (χ3n) is 6.86. The molecular formula is C29H32F2N2O. The molecule has 4 rings (SSSR count). The van der Waals surface area contributed by atoms with Gasteiger partial charge in [-0.3, -0.25) is 9.69 Å². The lowest BCUT2D eigenvalue weighted by molar-refractivity contribution is 0.0668. The Bertz CT molecular complexity index is 1130. The first-order chi connectivity index (χ1) is 16.3. The number of hydrogen-bond donors (Lipinski definition) is 0. The SMILES string of the molecule is Cc1ccccc1[C@H]1CN(Cc2ccccc2F)C[C@H]1CN(C(=O)c1ccc(F)cc1)C(C)C. The van der Waals surface area contributed by atoms with Gasteiger partial charge in [0.2, 0.25) is 0 Å². The number of rotatable bonds is 7. The van der Waals surface area contributed by atoms with Gasteiger partial charge in [0.25, 0.3) is 5.91 Å². The Morgan fingerprint density at radius 1 is 0.971 bits per heavy atom. The Morgan fingerprint density at radius 3 is 2.32 bits per heavy atom. The normalized spacial score (nSPS) is 18.4. The first kappa shape index (κ1) is 24.1. The van der Waals surface area contributed by atoms with Crippen molar-refractivity contribution in [2.45, 2.75) is 39.3 Å². The molecule has 3 nitrogen and oxygen atoms in total. The maximum atomic E-state index is 14.4. The minimum absolute atomic E-state index is 0.00399. The van der Waals surface area contributed by atoms with Crippen LogP contribution in [-0.4, -0.2) is 41.4 Å². The molecular weight excluding hydrogens is 430 g/mol. The Labute approximate surface area is 201 Å². The summed E-state index contributed by atoms with van der Waals surface area (Å²) in [6.07, 6.45) is 0. The molecule has 1 saturated heterocycles. The summed E-state index contributed by atoms with van der Waals surface area (Å²) in [4.78, 5) is 17.5. The van der Waals surface area contributed by atoms with Crippen molar-refractivity contribution >= 4 is 5.91 Å². The molecule has 178 valence electrons. The lowest BCUT2D eigenvalue weighted by atomic mass is 9.86. The van der Waals surface area contributed by atoms with E-state index in [-0.39, 0.29) is 35.4 Å². The Kier molecular flexibility index (Phi) is 7.42. The fourth-order valence-corrected chi connectivity index (χ4v) is 5.04. The summed E-state index contributed by atoms with van der Waals surface area (Å²) in [5.74, 6) is -0.207. The molecule has 0 unspecified atom stereocenters. The van der Waals surface area contributed by atoms with Crippen LogP contribution in [0.5, 0.6) is 0 Å². The lowest BCUT2D eigenvalue weighted by Gasteiger charge is -2.32. The number of hydrogen-bond acceptors (Lipinski definition) is 2. The largest absolute Gasteiger partial charge is 0.336 e. The van der Waals surface area contributed by atoms with Crippen molar-refractivity contribution in [2.75, 3.05) is 19.6 Å². The third-order valence-corrected chi connectivity index (χ3v) is 6.86. The number of carbonyl (C=O) groups is 1. The van der Waals surface area contributed by atoms with Gasteiger partial charge >= 0.3 is 0 Å². The summed E-state index contributed by atoms with van der Waals surface area (Å²) in [6.45, 7) is 8.84. The second-order valence-corrected chi connectivity index (χ2v) is 9.57. The van der Waals surface area contributed by atoms with E-state index in [1.54, 1.807) is 18.2 Å². The van der Waals surface area contributed by atoms with E-state index in [1.165, 1.54) is 29.3 Å². The van der Waals surface area contributed by atoms with E-state index in [9.17, 15) is 13.6 Å². The Hall–Kier alpha value is -3.05. The average molecular weight is 463 g/mol. The fourth-order valence-electron chi connectivity index (χ4n) is 5.04. The zero-order valence-electron chi connectivity index (χ0n) is 20.0. The van der Waals surface area contributed by atoms with Crippen LogP contribution in [-0.2, 0) is 6.54 Å². The summed E-state index contributed by atoms with van der Waals surface area (Å²) in [5.41, 5.74) is 3.69. The molecule has 1 heterocycles. The van der Waals surface area contributed by atoms with Crippen molar-refractivity contribution in [3.05, 3.63) is 107 Å². The van der Waals surface area contributed by atoms with E-state index in [4.69, 9.17) is 0 Å². The van der Waals surface area contributed by atoms with Gasteiger partial charge in [0.05, 0.1) is 0 Å². The summed E-state index contributed by atoms with van der Waals surface area (Å²) in [7, 11) is 0. The quantitative estimate of drug-likeness (QED) is 0.427. The molecule has 1 aliphatic heterocycles. The van der Waals surface area contributed by atoms with Crippen LogP contribution in [0.4, 0.5) is 8.78 Å². The molecule has 2 atom stereocenters. The van der Waals surface area contributed by atoms with E-state index >= 15 is 0 Å². The first-order valence-electron chi connectivity index (χ1n) is 11.9. The second kappa shape index (κ2) is 10.5. The highest BCUT2D eigenvalue weighted by Crippen LogP contribution is 2.36. The summed E-state index contributed by atoms with van der Waals surface area (Å²) < 4.78 is 27.8. The molecule has 0 aromatic heterocycles. The van der Waals surface area contributed by atoms with Crippen LogP contribution >= 0.6 is 0 Å². The summed E-state index contributed by atoms with van der Waals surface area (Å²) in [6, 6.07) is 21.1. The molecule has 0 radical (unpaired) electrons. The third kappa shape index (κ3) is 5.36. The minimum atomic E-state index is -0.355. The minimum Gasteiger partial charge on any atom is -0.336 e. The van der Waals surface area contributed by atoms with Crippen LogP contribution in [0.15, 0.2) is 72.8 Å². The number of halogens is 2. The lowest BCUT2D eigenvalue weighted by Crippen LogP contribution is -2.42. The highest BCUT2D eigenvalue weighted by Gasteiger charge is 2.37.